The Balaban J connectivity index is 0.00000242. The van der Waals surface area contributed by atoms with Crippen LogP contribution in [0.3, 0.4) is 0 Å². The normalized spacial score (nSPS) is 21.0. The van der Waals surface area contributed by atoms with Gasteiger partial charge in [0.2, 0.25) is 5.91 Å². The molecule has 1 aliphatic heterocycles. The fraction of sp³-hybridized carbons (Fsp3) is 0.625. The van der Waals surface area contributed by atoms with E-state index in [0.29, 0.717) is 25.7 Å². The molecular weight excluding hydrogens is 302 g/mol. The molecule has 124 valence electrons. The molecule has 2 heterocycles. The van der Waals surface area contributed by atoms with Gasteiger partial charge >= 0.3 is 0 Å². The third kappa shape index (κ3) is 5.55. The Hall–Kier alpha value is -1.17. The van der Waals surface area contributed by atoms with E-state index in [1.807, 2.05) is 23.2 Å². The molecule has 0 aromatic carbocycles. The maximum atomic E-state index is 12.8. The standard InChI is InChI=1S/C16H25N3O2.ClH/c1-13-10-15(5-7-18-13)16(20)19(8-9-21-2)12-14-4-3-6-17-11-14;/h3-4,6,11,13,15,18H,5,7-10,12H2,1-2H3;1H/t13-,15-;/m0./s1. The van der Waals surface area contributed by atoms with E-state index in [1.165, 1.54) is 0 Å². The van der Waals surface area contributed by atoms with Crippen molar-refractivity contribution in [3.63, 3.8) is 0 Å². The monoisotopic (exact) mass is 327 g/mol. The molecular formula is C16H26ClN3O2. The number of halogens is 1. The van der Waals surface area contributed by atoms with Gasteiger partial charge < -0.3 is 15.0 Å². The largest absolute Gasteiger partial charge is 0.383 e. The van der Waals surface area contributed by atoms with Gasteiger partial charge in [-0.25, -0.2) is 0 Å². The van der Waals surface area contributed by atoms with Crippen LogP contribution in [0.5, 0.6) is 0 Å². The Morgan fingerprint density at radius 3 is 3.00 bits per heavy atom. The van der Waals surface area contributed by atoms with Gasteiger partial charge in [0.25, 0.3) is 0 Å². The maximum absolute atomic E-state index is 12.8. The maximum Gasteiger partial charge on any atom is 0.226 e. The fourth-order valence-corrected chi connectivity index (χ4v) is 2.80. The Kier molecular flexibility index (Phi) is 8.38. The average Bonchev–Trinajstić information content (AvgIpc) is 2.51. The smallest absolute Gasteiger partial charge is 0.226 e. The van der Waals surface area contributed by atoms with Crippen LogP contribution in [0.15, 0.2) is 24.5 Å². The predicted molar refractivity (Wildman–Crippen MR) is 89.0 cm³/mol. The molecule has 0 bridgehead atoms. The average molecular weight is 328 g/mol. The molecule has 1 saturated heterocycles. The summed E-state index contributed by atoms with van der Waals surface area (Å²) >= 11 is 0. The molecule has 0 saturated carbocycles. The number of carbonyl (C=O) groups is 1. The Morgan fingerprint density at radius 2 is 2.36 bits per heavy atom. The first-order chi connectivity index (χ1) is 10.2. The van der Waals surface area contributed by atoms with Crippen molar-refractivity contribution in [2.75, 3.05) is 26.8 Å². The number of pyridine rings is 1. The van der Waals surface area contributed by atoms with Crippen molar-refractivity contribution in [3.8, 4) is 0 Å². The van der Waals surface area contributed by atoms with E-state index in [-0.39, 0.29) is 24.2 Å². The molecule has 2 atom stereocenters. The van der Waals surface area contributed by atoms with Crippen LogP contribution < -0.4 is 5.32 Å². The van der Waals surface area contributed by atoms with E-state index >= 15 is 0 Å². The highest BCUT2D eigenvalue weighted by molar-refractivity contribution is 5.85. The molecule has 1 aromatic rings. The summed E-state index contributed by atoms with van der Waals surface area (Å²) in [4.78, 5) is 18.8. The molecule has 22 heavy (non-hydrogen) atoms. The lowest BCUT2D eigenvalue weighted by Gasteiger charge is -2.32. The van der Waals surface area contributed by atoms with E-state index in [2.05, 4.69) is 17.2 Å². The van der Waals surface area contributed by atoms with Gasteiger partial charge in [-0.15, -0.1) is 12.4 Å². The third-order valence-corrected chi connectivity index (χ3v) is 3.95. The van der Waals surface area contributed by atoms with E-state index in [0.717, 1.165) is 24.9 Å². The van der Waals surface area contributed by atoms with E-state index in [1.54, 1.807) is 13.3 Å². The molecule has 2 rings (SSSR count). The molecule has 1 N–H and O–H groups in total. The van der Waals surface area contributed by atoms with Gasteiger partial charge in [-0.1, -0.05) is 6.07 Å². The zero-order chi connectivity index (χ0) is 15.1. The van der Waals surface area contributed by atoms with Crippen LogP contribution in [0.25, 0.3) is 0 Å². The summed E-state index contributed by atoms with van der Waals surface area (Å²) in [5.74, 6) is 0.360. The highest BCUT2D eigenvalue weighted by Crippen LogP contribution is 2.20. The number of ether oxygens (including phenoxy) is 1. The SMILES string of the molecule is COCCN(Cc1cccnc1)C(=O)[C@H]1CCN[C@@H](C)C1.Cl. The van der Waals surface area contributed by atoms with Crippen molar-refractivity contribution < 1.29 is 9.53 Å². The van der Waals surface area contributed by atoms with Gasteiger partial charge in [-0.3, -0.25) is 9.78 Å². The van der Waals surface area contributed by atoms with Crippen molar-refractivity contribution in [1.82, 2.24) is 15.2 Å². The zero-order valence-corrected chi connectivity index (χ0v) is 14.1. The lowest BCUT2D eigenvalue weighted by atomic mass is 9.92. The molecule has 1 aromatic heterocycles. The van der Waals surface area contributed by atoms with Gasteiger partial charge in [0.15, 0.2) is 0 Å². The van der Waals surface area contributed by atoms with Crippen molar-refractivity contribution in [3.05, 3.63) is 30.1 Å². The number of rotatable bonds is 6. The van der Waals surface area contributed by atoms with Crippen LogP contribution in [0.4, 0.5) is 0 Å². The minimum atomic E-state index is 0. The number of piperidine rings is 1. The number of carbonyl (C=O) groups excluding carboxylic acids is 1. The number of nitrogens with one attached hydrogen (secondary N) is 1. The Morgan fingerprint density at radius 1 is 1.55 bits per heavy atom. The van der Waals surface area contributed by atoms with Crippen LogP contribution in [0, 0.1) is 5.92 Å². The third-order valence-electron chi connectivity index (χ3n) is 3.95. The first-order valence-electron chi connectivity index (χ1n) is 7.60. The summed E-state index contributed by atoms with van der Waals surface area (Å²) in [6, 6.07) is 4.32. The van der Waals surface area contributed by atoms with Gasteiger partial charge in [-0.2, -0.15) is 0 Å². The molecule has 5 nitrogen and oxygen atoms in total. The molecule has 1 fully saturated rings. The van der Waals surface area contributed by atoms with E-state index in [4.69, 9.17) is 4.74 Å². The summed E-state index contributed by atoms with van der Waals surface area (Å²) in [7, 11) is 1.67. The van der Waals surface area contributed by atoms with Crippen molar-refractivity contribution in [2.24, 2.45) is 5.92 Å². The van der Waals surface area contributed by atoms with Crippen molar-refractivity contribution >= 4 is 18.3 Å². The minimum absolute atomic E-state index is 0. The summed E-state index contributed by atoms with van der Waals surface area (Å²) in [5, 5.41) is 3.39. The van der Waals surface area contributed by atoms with Crippen LogP contribution in [0.2, 0.25) is 0 Å². The van der Waals surface area contributed by atoms with Crippen LogP contribution in [-0.2, 0) is 16.1 Å². The lowest BCUT2D eigenvalue weighted by molar-refractivity contribution is -0.138. The van der Waals surface area contributed by atoms with Crippen molar-refractivity contribution in [2.45, 2.75) is 32.4 Å². The first-order valence-corrected chi connectivity index (χ1v) is 7.60. The van der Waals surface area contributed by atoms with Gasteiger partial charge in [-0.05, 0) is 37.9 Å². The summed E-state index contributed by atoms with van der Waals surface area (Å²) in [5.41, 5.74) is 1.06. The summed E-state index contributed by atoms with van der Waals surface area (Å²) in [6.07, 6.45) is 5.40. The molecule has 0 spiro atoms. The van der Waals surface area contributed by atoms with Gasteiger partial charge in [0, 0.05) is 44.6 Å². The van der Waals surface area contributed by atoms with Crippen LogP contribution in [0.1, 0.15) is 25.3 Å². The van der Waals surface area contributed by atoms with Crippen LogP contribution in [-0.4, -0.2) is 48.6 Å². The molecule has 6 heteroatoms. The molecule has 0 radical (unpaired) electrons. The zero-order valence-electron chi connectivity index (χ0n) is 13.3. The highest BCUT2D eigenvalue weighted by Gasteiger charge is 2.28. The predicted octanol–water partition coefficient (Wildman–Crippen LogP) is 1.87. The second-order valence-electron chi connectivity index (χ2n) is 5.69. The lowest BCUT2D eigenvalue weighted by Crippen LogP contribution is -2.44. The van der Waals surface area contributed by atoms with Crippen LogP contribution >= 0.6 is 12.4 Å². The second kappa shape index (κ2) is 9.77. The fourth-order valence-electron chi connectivity index (χ4n) is 2.80. The van der Waals surface area contributed by atoms with Gasteiger partial charge in [0.1, 0.15) is 0 Å². The molecule has 1 aliphatic rings. The molecule has 0 aliphatic carbocycles. The molecule has 0 unspecified atom stereocenters. The van der Waals surface area contributed by atoms with E-state index < -0.39 is 0 Å². The number of aromatic nitrogens is 1. The van der Waals surface area contributed by atoms with Gasteiger partial charge in [0.05, 0.1) is 6.61 Å². The molecule has 1 amide bonds. The number of amides is 1. The summed E-state index contributed by atoms with van der Waals surface area (Å²) < 4.78 is 5.15. The topological polar surface area (TPSA) is 54.5 Å². The Labute approximate surface area is 138 Å². The quantitative estimate of drug-likeness (QED) is 0.866. The highest BCUT2D eigenvalue weighted by atomic mass is 35.5. The number of nitrogens with zero attached hydrogens (tertiary/aromatic N) is 2. The first kappa shape index (κ1) is 18.9. The number of hydrogen-bond acceptors (Lipinski definition) is 4. The number of methoxy groups -OCH3 is 1. The Bertz CT molecular complexity index is 444. The summed E-state index contributed by atoms with van der Waals surface area (Å²) in [6.45, 7) is 4.85. The van der Waals surface area contributed by atoms with E-state index in [9.17, 15) is 4.79 Å². The number of hydrogen-bond donors (Lipinski definition) is 1. The second-order valence-corrected chi connectivity index (χ2v) is 5.69. The minimum Gasteiger partial charge on any atom is -0.383 e. The van der Waals surface area contributed by atoms with Crippen molar-refractivity contribution in [1.29, 1.82) is 0 Å².